The van der Waals surface area contributed by atoms with Crippen LogP contribution in [0.25, 0.3) is 0 Å². The minimum atomic E-state index is -0.605. The van der Waals surface area contributed by atoms with Gasteiger partial charge in [0.1, 0.15) is 17.5 Å². The van der Waals surface area contributed by atoms with Crippen LogP contribution in [0.2, 0.25) is 0 Å². The zero-order valence-electron chi connectivity index (χ0n) is 11.5. The van der Waals surface area contributed by atoms with Crippen molar-refractivity contribution in [3.63, 3.8) is 0 Å². The average molecular weight is 284 g/mol. The van der Waals surface area contributed by atoms with Gasteiger partial charge in [0, 0.05) is 5.56 Å². The summed E-state index contributed by atoms with van der Waals surface area (Å²) in [5, 5.41) is 10.5. The number of aryl methyl sites for hydroxylation is 1. The van der Waals surface area contributed by atoms with Crippen molar-refractivity contribution >= 4 is 12.4 Å². The Hall–Kier alpha value is -0.770. The minimum Gasteiger partial charge on any atom is -0.485 e. The molecule has 4 heteroatoms. The van der Waals surface area contributed by atoms with Crippen LogP contribution in [-0.4, -0.2) is 16.7 Å². The summed E-state index contributed by atoms with van der Waals surface area (Å²) in [5.41, 5.74) is 9.08. The summed E-state index contributed by atoms with van der Waals surface area (Å²) in [5.74, 6) is 0.867. The second kappa shape index (κ2) is 4.97. The number of aliphatic hydroxyl groups excluding tert-OH is 1. The van der Waals surface area contributed by atoms with E-state index in [9.17, 15) is 5.11 Å². The molecule has 2 atom stereocenters. The first-order chi connectivity index (χ1) is 8.55. The second-order valence-corrected chi connectivity index (χ2v) is 5.77. The van der Waals surface area contributed by atoms with Gasteiger partial charge in [-0.2, -0.15) is 0 Å². The molecular weight excluding hydrogens is 262 g/mol. The zero-order valence-corrected chi connectivity index (χ0v) is 12.3. The monoisotopic (exact) mass is 283 g/mol. The van der Waals surface area contributed by atoms with Crippen molar-refractivity contribution in [2.75, 3.05) is 0 Å². The molecule has 19 heavy (non-hydrogen) atoms. The number of nitrogens with two attached hydrogens (primary N) is 1. The van der Waals surface area contributed by atoms with Crippen molar-refractivity contribution in [1.82, 2.24) is 0 Å². The fraction of sp³-hybridized carbons (Fsp3) is 0.600. The van der Waals surface area contributed by atoms with E-state index in [2.05, 4.69) is 13.8 Å². The molecule has 2 unspecified atom stereocenters. The molecule has 0 radical (unpaired) electrons. The normalized spacial score (nSPS) is 27.6. The molecular formula is C15H22ClNO2. The Morgan fingerprint density at radius 3 is 2.53 bits per heavy atom. The molecule has 3 rings (SSSR count). The molecule has 2 aliphatic rings. The summed E-state index contributed by atoms with van der Waals surface area (Å²) in [4.78, 5) is 0. The van der Waals surface area contributed by atoms with E-state index in [-0.39, 0.29) is 24.0 Å². The molecule has 0 amide bonds. The van der Waals surface area contributed by atoms with Gasteiger partial charge < -0.3 is 15.6 Å². The molecule has 3 N–H and O–H groups in total. The molecule has 1 fully saturated rings. The lowest BCUT2D eigenvalue weighted by molar-refractivity contribution is -0.0321. The predicted octanol–water partition coefficient (Wildman–Crippen LogP) is 2.79. The number of aliphatic hydroxyl groups is 1. The van der Waals surface area contributed by atoms with Gasteiger partial charge in [-0.1, -0.05) is 12.1 Å². The first-order valence-electron chi connectivity index (χ1n) is 6.78. The van der Waals surface area contributed by atoms with Gasteiger partial charge in [-0.25, -0.2) is 0 Å². The van der Waals surface area contributed by atoms with Gasteiger partial charge in [0.2, 0.25) is 0 Å². The van der Waals surface area contributed by atoms with Gasteiger partial charge >= 0.3 is 0 Å². The van der Waals surface area contributed by atoms with E-state index >= 15 is 0 Å². The molecule has 1 aromatic rings. The fourth-order valence-corrected chi connectivity index (χ4v) is 3.34. The third kappa shape index (κ3) is 2.04. The highest BCUT2D eigenvalue weighted by Crippen LogP contribution is 2.47. The van der Waals surface area contributed by atoms with E-state index < -0.39 is 6.10 Å². The molecule has 0 aromatic heterocycles. The lowest BCUT2D eigenvalue weighted by Crippen LogP contribution is -2.56. The van der Waals surface area contributed by atoms with Crippen LogP contribution in [0, 0.1) is 13.8 Å². The van der Waals surface area contributed by atoms with E-state index in [1.54, 1.807) is 0 Å². The third-order valence-electron chi connectivity index (χ3n) is 4.73. The highest BCUT2D eigenvalue weighted by atomic mass is 35.5. The Kier molecular flexibility index (Phi) is 3.83. The van der Waals surface area contributed by atoms with E-state index in [1.165, 1.54) is 5.56 Å². The maximum absolute atomic E-state index is 10.5. The van der Waals surface area contributed by atoms with Crippen molar-refractivity contribution in [1.29, 1.82) is 0 Å². The smallest absolute Gasteiger partial charge is 0.129 e. The van der Waals surface area contributed by atoms with E-state index in [4.69, 9.17) is 10.5 Å². The molecule has 0 bridgehead atoms. The van der Waals surface area contributed by atoms with Crippen LogP contribution in [-0.2, 0) is 0 Å². The van der Waals surface area contributed by atoms with Crippen molar-refractivity contribution in [2.24, 2.45) is 5.73 Å². The van der Waals surface area contributed by atoms with Gasteiger partial charge in [0.15, 0.2) is 0 Å². The molecule has 1 spiro atoms. The fourth-order valence-electron chi connectivity index (χ4n) is 3.34. The Morgan fingerprint density at radius 1 is 1.26 bits per heavy atom. The number of halogens is 1. The predicted molar refractivity (Wildman–Crippen MR) is 77.9 cm³/mol. The largest absolute Gasteiger partial charge is 0.485 e. The minimum absolute atomic E-state index is 0. The van der Waals surface area contributed by atoms with Crippen LogP contribution >= 0.6 is 12.4 Å². The molecule has 3 nitrogen and oxygen atoms in total. The molecule has 1 aromatic carbocycles. The molecule has 1 saturated carbocycles. The lowest BCUT2D eigenvalue weighted by Gasteiger charge is -2.44. The topological polar surface area (TPSA) is 55.5 Å². The van der Waals surface area contributed by atoms with Crippen LogP contribution in [0.3, 0.4) is 0 Å². The van der Waals surface area contributed by atoms with Crippen LogP contribution in [0.1, 0.15) is 48.5 Å². The Bertz CT molecular complexity index is 483. The van der Waals surface area contributed by atoms with Gasteiger partial charge in [-0.15, -0.1) is 12.4 Å². The summed E-state index contributed by atoms with van der Waals surface area (Å²) < 4.78 is 6.29. The van der Waals surface area contributed by atoms with E-state index in [0.29, 0.717) is 0 Å². The second-order valence-electron chi connectivity index (χ2n) is 5.77. The number of rotatable bonds is 0. The maximum atomic E-state index is 10.5. The quantitative estimate of drug-likeness (QED) is 0.770. The zero-order chi connectivity index (χ0) is 12.9. The Morgan fingerprint density at radius 2 is 1.89 bits per heavy atom. The van der Waals surface area contributed by atoms with Crippen molar-refractivity contribution in [3.8, 4) is 5.75 Å². The first-order valence-corrected chi connectivity index (χ1v) is 6.78. The molecule has 1 aliphatic carbocycles. The van der Waals surface area contributed by atoms with Crippen LogP contribution in [0.15, 0.2) is 12.1 Å². The third-order valence-corrected chi connectivity index (χ3v) is 4.73. The highest BCUT2D eigenvalue weighted by molar-refractivity contribution is 5.85. The van der Waals surface area contributed by atoms with Crippen molar-refractivity contribution in [3.05, 3.63) is 28.8 Å². The van der Waals surface area contributed by atoms with Crippen molar-refractivity contribution < 1.29 is 9.84 Å². The number of hydrogen-bond acceptors (Lipinski definition) is 3. The summed E-state index contributed by atoms with van der Waals surface area (Å²) in [7, 11) is 0. The summed E-state index contributed by atoms with van der Waals surface area (Å²) in [6, 6.07) is 3.67. The lowest BCUT2D eigenvalue weighted by atomic mass is 9.82. The molecule has 1 heterocycles. The van der Waals surface area contributed by atoms with Gasteiger partial charge in [-0.3, -0.25) is 0 Å². The van der Waals surface area contributed by atoms with Crippen LogP contribution in [0.4, 0.5) is 0 Å². The molecule has 0 saturated heterocycles. The van der Waals surface area contributed by atoms with E-state index in [0.717, 1.165) is 42.6 Å². The summed E-state index contributed by atoms with van der Waals surface area (Å²) >= 11 is 0. The number of hydrogen-bond donors (Lipinski definition) is 2. The van der Waals surface area contributed by atoms with Gasteiger partial charge in [0.25, 0.3) is 0 Å². The molecule has 1 aliphatic heterocycles. The highest BCUT2D eigenvalue weighted by Gasteiger charge is 2.49. The van der Waals surface area contributed by atoms with E-state index in [1.807, 2.05) is 12.1 Å². The van der Waals surface area contributed by atoms with Gasteiger partial charge in [0.05, 0.1) is 6.04 Å². The maximum Gasteiger partial charge on any atom is 0.129 e. The number of benzene rings is 1. The Balaban J connectivity index is 0.00000133. The standard InChI is InChI=1S/C15H21NO2.ClH/c1-9-5-6-11-12(17)14(16)15(7-3-4-8-15)18-13(11)10(9)2;/h5-6,12,14,17H,3-4,7-8,16H2,1-2H3;1H. The average Bonchev–Trinajstić information content (AvgIpc) is 2.82. The summed E-state index contributed by atoms with van der Waals surface area (Å²) in [6.45, 7) is 4.13. The van der Waals surface area contributed by atoms with Crippen LogP contribution in [0.5, 0.6) is 5.75 Å². The first kappa shape index (κ1) is 14.6. The number of fused-ring (bicyclic) bond motifs is 1. The van der Waals surface area contributed by atoms with Crippen molar-refractivity contribution in [2.45, 2.75) is 57.3 Å². The molecule has 106 valence electrons. The summed E-state index contributed by atoms with van der Waals surface area (Å²) in [6.07, 6.45) is 3.59. The number of ether oxygens (including phenoxy) is 1. The van der Waals surface area contributed by atoms with Crippen LogP contribution < -0.4 is 10.5 Å². The SMILES string of the molecule is Cc1ccc2c(c1C)OC1(CCCC1)C(N)C2O.Cl. The Labute approximate surface area is 120 Å². The van der Waals surface area contributed by atoms with Gasteiger partial charge in [-0.05, 0) is 50.7 Å².